The molecule has 74 valence electrons. The Hall–Kier alpha value is -1.49. The number of benzene rings is 1. The number of aliphatic carboxylic acids is 2. The Bertz CT molecular complexity index is 344. The Kier molecular flexibility index (Phi) is 3.14. The van der Waals surface area contributed by atoms with Crippen molar-refractivity contribution in [2.45, 2.75) is 10.8 Å². The first-order chi connectivity index (χ1) is 6.52. The third-order valence-corrected chi connectivity index (χ3v) is 2.02. The Labute approximate surface area is 85.6 Å². The largest absolute Gasteiger partial charge is 0.480 e. The van der Waals surface area contributed by atoms with Crippen LogP contribution in [-0.4, -0.2) is 22.2 Å². The fraction of sp³-hybridized carbons (Fsp3) is 0.111. The summed E-state index contributed by atoms with van der Waals surface area (Å²) in [5.41, 5.74) is 0.239. The minimum atomic E-state index is -1.51. The maximum atomic E-state index is 10.6. The summed E-state index contributed by atoms with van der Waals surface area (Å²) in [7, 11) is 0. The standard InChI is InChI=1S/C9H8O4S/c10-8(11)7(9(12)13)5-1-3-6(14)4-2-5/h1-4,7,14H,(H,10,11)(H,12,13). The summed E-state index contributed by atoms with van der Waals surface area (Å²) in [6, 6.07) is 5.99. The maximum absolute atomic E-state index is 10.6. The summed E-state index contributed by atoms with van der Waals surface area (Å²) in [5.74, 6) is -4.25. The second-order valence-corrected chi connectivity index (χ2v) is 3.22. The van der Waals surface area contributed by atoms with Crippen LogP contribution in [0, 0.1) is 0 Å². The molecule has 1 rings (SSSR count). The molecule has 5 heteroatoms. The van der Waals surface area contributed by atoms with Crippen molar-refractivity contribution >= 4 is 24.6 Å². The Balaban J connectivity index is 3.06. The summed E-state index contributed by atoms with van der Waals surface area (Å²) in [4.78, 5) is 21.9. The molecular formula is C9H8O4S. The van der Waals surface area contributed by atoms with Crippen molar-refractivity contribution in [1.82, 2.24) is 0 Å². The fourth-order valence-electron chi connectivity index (χ4n) is 1.06. The summed E-state index contributed by atoms with van der Waals surface area (Å²) in [5, 5.41) is 17.3. The molecule has 1 aromatic rings. The highest BCUT2D eigenvalue weighted by atomic mass is 32.1. The third kappa shape index (κ3) is 2.26. The zero-order valence-corrected chi connectivity index (χ0v) is 7.94. The Morgan fingerprint density at radius 1 is 1.07 bits per heavy atom. The number of thiol groups is 1. The molecule has 0 spiro atoms. The maximum Gasteiger partial charge on any atom is 0.322 e. The van der Waals surface area contributed by atoms with Gasteiger partial charge < -0.3 is 10.2 Å². The van der Waals surface area contributed by atoms with Gasteiger partial charge >= 0.3 is 11.9 Å². The van der Waals surface area contributed by atoms with E-state index in [0.717, 1.165) is 0 Å². The molecule has 0 fully saturated rings. The minimum Gasteiger partial charge on any atom is -0.480 e. The van der Waals surface area contributed by atoms with Gasteiger partial charge in [-0.2, -0.15) is 0 Å². The van der Waals surface area contributed by atoms with Gasteiger partial charge in [0.15, 0.2) is 5.92 Å². The highest BCUT2D eigenvalue weighted by Crippen LogP contribution is 2.18. The van der Waals surface area contributed by atoms with Crippen LogP contribution in [0.3, 0.4) is 0 Å². The van der Waals surface area contributed by atoms with Gasteiger partial charge in [-0.25, -0.2) is 0 Å². The molecule has 0 aliphatic rings. The van der Waals surface area contributed by atoms with Crippen LogP contribution in [0.1, 0.15) is 11.5 Å². The minimum absolute atomic E-state index is 0.239. The van der Waals surface area contributed by atoms with E-state index in [9.17, 15) is 9.59 Å². The van der Waals surface area contributed by atoms with E-state index in [1.807, 2.05) is 0 Å². The van der Waals surface area contributed by atoms with Crippen LogP contribution < -0.4 is 0 Å². The molecule has 0 heterocycles. The lowest BCUT2D eigenvalue weighted by Crippen LogP contribution is -2.20. The second kappa shape index (κ2) is 4.15. The molecule has 0 amide bonds. The molecule has 4 nitrogen and oxygen atoms in total. The number of hydrogen-bond acceptors (Lipinski definition) is 3. The zero-order chi connectivity index (χ0) is 10.7. The van der Waals surface area contributed by atoms with E-state index in [1.54, 1.807) is 12.1 Å². The molecule has 0 saturated carbocycles. The first-order valence-electron chi connectivity index (χ1n) is 3.77. The molecule has 0 saturated heterocycles. The average Bonchev–Trinajstić information content (AvgIpc) is 2.07. The van der Waals surface area contributed by atoms with Gasteiger partial charge in [0, 0.05) is 4.90 Å². The molecule has 14 heavy (non-hydrogen) atoms. The quantitative estimate of drug-likeness (QED) is 0.520. The number of carboxylic acid groups (broad SMARTS) is 2. The van der Waals surface area contributed by atoms with Crippen molar-refractivity contribution in [2.24, 2.45) is 0 Å². The molecule has 0 unspecified atom stereocenters. The summed E-state index contributed by atoms with van der Waals surface area (Å²) < 4.78 is 0. The molecule has 2 N–H and O–H groups in total. The van der Waals surface area contributed by atoms with Crippen LogP contribution >= 0.6 is 12.6 Å². The van der Waals surface area contributed by atoms with E-state index in [0.29, 0.717) is 4.90 Å². The number of rotatable bonds is 3. The molecule has 0 aliphatic carbocycles. The monoisotopic (exact) mass is 212 g/mol. The Morgan fingerprint density at radius 3 is 1.86 bits per heavy atom. The van der Waals surface area contributed by atoms with Gasteiger partial charge in [-0.1, -0.05) is 12.1 Å². The Morgan fingerprint density at radius 2 is 1.50 bits per heavy atom. The van der Waals surface area contributed by atoms with Crippen LogP contribution in [0.15, 0.2) is 29.2 Å². The van der Waals surface area contributed by atoms with E-state index in [4.69, 9.17) is 10.2 Å². The van der Waals surface area contributed by atoms with E-state index in [2.05, 4.69) is 12.6 Å². The van der Waals surface area contributed by atoms with Gasteiger partial charge in [-0.3, -0.25) is 9.59 Å². The number of carbonyl (C=O) groups is 2. The number of carboxylic acids is 2. The second-order valence-electron chi connectivity index (χ2n) is 2.70. The lowest BCUT2D eigenvalue weighted by atomic mass is 10.00. The predicted molar refractivity (Wildman–Crippen MR) is 51.7 cm³/mol. The first kappa shape index (κ1) is 10.6. The van der Waals surface area contributed by atoms with Crippen LogP contribution in [0.4, 0.5) is 0 Å². The van der Waals surface area contributed by atoms with Crippen LogP contribution in [0.25, 0.3) is 0 Å². The van der Waals surface area contributed by atoms with Crippen LogP contribution in [0.2, 0.25) is 0 Å². The van der Waals surface area contributed by atoms with Crippen LogP contribution in [0.5, 0.6) is 0 Å². The molecule has 1 aromatic carbocycles. The molecule has 0 aliphatic heterocycles. The topological polar surface area (TPSA) is 74.6 Å². The smallest absolute Gasteiger partial charge is 0.322 e. The summed E-state index contributed by atoms with van der Waals surface area (Å²) in [6.45, 7) is 0. The molecule has 0 bridgehead atoms. The van der Waals surface area contributed by atoms with Gasteiger partial charge in [-0.05, 0) is 17.7 Å². The normalized spacial score (nSPS) is 10.1. The third-order valence-electron chi connectivity index (χ3n) is 1.72. The summed E-state index contributed by atoms with van der Waals surface area (Å²) in [6.07, 6.45) is 0. The fourth-order valence-corrected chi connectivity index (χ4v) is 1.21. The highest BCUT2D eigenvalue weighted by Gasteiger charge is 2.27. The average molecular weight is 212 g/mol. The van der Waals surface area contributed by atoms with E-state index >= 15 is 0 Å². The van der Waals surface area contributed by atoms with Gasteiger partial charge in [0.05, 0.1) is 0 Å². The lowest BCUT2D eigenvalue weighted by Gasteiger charge is -2.07. The highest BCUT2D eigenvalue weighted by molar-refractivity contribution is 7.80. The van der Waals surface area contributed by atoms with Gasteiger partial charge in [0.2, 0.25) is 0 Å². The van der Waals surface area contributed by atoms with Crippen molar-refractivity contribution in [3.05, 3.63) is 29.8 Å². The molecule has 0 radical (unpaired) electrons. The molecule has 0 aromatic heterocycles. The zero-order valence-electron chi connectivity index (χ0n) is 7.04. The van der Waals surface area contributed by atoms with E-state index in [-0.39, 0.29) is 5.56 Å². The van der Waals surface area contributed by atoms with E-state index < -0.39 is 17.9 Å². The van der Waals surface area contributed by atoms with Gasteiger partial charge in [-0.15, -0.1) is 12.6 Å². The van der Waals surface area contributed by atoms with Gasteiger partial charge in [0.25, 0.3) is 0 Å². The van der Waals surface area contributed by atoms with Crippen molar-refractivity contribution in [3.8, 4) is 0 Å². The number of hydrogen-bond donors (Lipinski definition) is 3. The van der Waals surface area contributed by atoms with Crippen molar-refractivity contribution < 1.29 is 19.8 Å². The predicted octanol–water partition coefficient (Wildman–Crippen LogP) is 1.23. The van der Waals surface area contributed by atoms with Gasteiger partial charge in [0.1, 0.15) is 0 Å². The first-order valence-corrected chi connectivity index (χ1v) is 4.21. The van der Waals surface area contributed by atoms with Crippen molar-refractivity contribution in [3.63, 3.8) is 0 Å². The summed E-state index contributed by atoms with van der Waals surface area (Å²) >= 11 is 4.01. The van der Waals surface area contributed by atoms with E-state index in [1.165, 1.54) is 12.1 Å². The molecular weight excluding hydrogens is 204 g/mol. The van der Waals surface area contributed by atoms with Crippen LogP contribution in [-0.2, 0) is 9.59 Å². The van der Waals surface area contributed by atoms with Crippen molar-refractivity contribution in [2.75, 3.05) is 0 Å². The molecule has 0 atom stereocenters. The van der Waals surface area contributed by atoms with Crippen molar-refractivity contribution in [1.29, 1.82) is 0 Å². The lowest BCUT2D eigenvalue weighted by molar-refractivity contribution is -0.150. The SMILES string of the molecule is O=C(O)C(C(=O)O)c1ccc(S)cc1.